The van der Waals surface area contributed by atoms with Gasteiger partial charge >= 0.3 is 0 Å². The van der Waals surface area contributed by atoms with Crippen LogP contribution in [-0.4, -0.2) is 18.6 Å². The van der Waals surface area contributed by atoms with Gasteiger partial charge in [-0.15, -0.1) is 0 Å². The third-order valence-corrected chi connectivity index (χ3v) is 3.70. The van der Waals surface area contributed by atoms with Gasteiger partial charge in [-0.3, -0.25) is 4.79 Å². The lowest BCUT2D eigenvalue weighted by molar-refractivity contribution is -0.128. The maximum atomic E-state index is 12.3. The molecule has 0 aromatic heterocycles. The summed E-state index contributed by atoms with van der Waals surface area (Å²) in [6.07, 6.45) is 0.221. The van der Waals surface area contributed by atoms with Crippen LogP contribution >= 0.6 is 0 Å². The molecule has 0 saturated heterocycles. The first-order valence-electron chi connectivity index (χ1n) is 7.48. The fraction of sp³-hybridized carbons (Fsp3) is 0.278. The average molecular weight is 297 g/mol. The van der Waals surface area contributed by atoms with Gasteiger partial charge < -0.3 is 14.8 Å². The lowest BCUT2D eigenvalue weighted by Gasteiger charge is -2.27. The zero-order valence-corrected chi connectivity index (χ0v) is 12.5. The van der Waals surface area contributed by atoms with Gasteiger partial charge in [0.05, 0.1) is 12.6 Å². The van der Waals surface area contributed by atoms with Crippen molar-refractivity contribution in [2.24, 2.45) is 0 Å². The van der Waals surface area contributed by atoms with Crippen LogP contribution < -0.4 is 14.8 Å². The summed E-state index contributed by atoms with van der Waals surface area (Å²) in [5, 5.41) is 3.05. The Hall–Kier alpha value is -2.49. The molecule has 114 valence electrons. The Bertz CT molecular complexity index is 642. The van der Waals surface area contributed by atoms with E-state index in [-0.39, 0.29) is 11.9 Å². The third-order valence-electron chi connectivity index (χ3n) is 3.70. The van der Waals surface area contributed by atoms with Crippen LogP contribution in [0.5, 0.6) is 11.5 Å². The minimum absolute atomic E-state index is 0.0285. The summed E-state index contributed by atoms with van der Waals surface area (Å²) in [5.74, 6) is 1.42. The minimum Gasteiger partial charge on any atom is -0.493 e. The number of ether oxygens (including phenoxy) is 2. The van der Waals surface area contributed by atoms with Gasteiger partial charge in [-0.25, -0.2) is 0 Å². The van der Waals surface area contributed by atoms with Crippen LogP contribution in [0.2, 0.25) is 0 Å². The van der Waals surface area contributed by atoms with E-state index in [0.29, 0.717) is 12.4 Å². The van der Waals surface area contributed by atoms with Crippen molar-refractivity contribution in [3.05, 3.63) is 60.2 Å². The molecule has 0 unspecified atom stereocenters. The molecule has 4 heteroatoms. The second-order valence-corrected chi connectivity index (χ2v) is 5.31. The molecule has 1 aliphatic heterocycles. The quantitative estimate of drug-likeness (QED) is 0.943. The van der Waals surface area contributed by atoms with Gasteiger partial charge in [-0.1, -0.05) is 36.4 Å². The zero-order valence-electron chi connectivity index (χ0n) is 12.5. The number of nitrogens with one attached hydrogen (secondary N) is 1. The number of hydrogen-bond acceptors (Lipinski definition) is 3. The molecule has 4 nitrogen and oxygen atoms in total. The van der Waals surface area contributed by atoms with E-state index in [1.165, 1.54) is 0 Å². The molecule has 2 aromatic rings. The Balaban J connectivity index is 1.65. The van der Waals surface area contributed by atoms with Crippen molar-refractivity contribution in [1.29, 1.82) is 0 Å². The molecule has 1 aliphatic rings. The van der Waals surface area contributed by atoms with Crippen LogP contribution in [0.4, 0.5) is 0 Å². The highest BCUT2D eigenvalue weighted by Gasteiger charge is 2.25. The number of carbonyl (C=O) groups excluding carboxylic acids is 1. The van der Waals surface area contributed by atoms with Crippen LogP contribution in [0.25, 0.3) is 0 Å². The van der Waals surface area contributed by atoms with E-state index in [1.807, 2.05) is 54.6 Å². The Morgan fingerprint density at radius 2 is 1.91 bits per heavy atom. The van der Waals surface area contributed by atoms with Crippen molar-refractivity contribution in [3.8, 4) is 11.5 Å². The van der Waals surface area contributed by atoms with Crippen LogP contribution in [0.1, 0.15) is 24.9 Å². The lowest BCUT2D eigenvalue weighted by Crippen LogP contribution is -2.40. The largest absolute Gasteiger partial charge is 0.493 e. The van der Waals surface area contributed by atoms with Gasteiger partial charge in [-0.2, -0.15) is 0 Å². The Kier molecular flexibility index (Phi) is 4.28. The first-order chi connectivity index (χ1) is 10.7. The molecule has 0 spiro atoms. The van der Waals surface area contributed by atoms with Crippen molar-refractivity contribution in [2.75, 3.05) is 6.61 Å². The van der Waals surface area contributed by atoms with Crippen molar-refractivity contribution in [3.63, 3.8) is 0 Å². The molecule has 0 aliphatic carbocycles. The number of rotatable bonds is 4. The summed E-state index contributed by atoms with van der Waals surface area (Å²) in [6.45, 7) is 2.36. The van der Waals surface area contributed by atoms with Gasteiger partial charge in [0.15, 0.2) is 6.10 Å². The number of fused-ring (bicyclic) bond motifs is 1. The summed E-state index contributed by atoms with van der Waals surface area (Å²) >= 11 is 0. The standard InChI is InChI=1S/C18H19NO3/c1-13(22-14-7-3-2-4-8-14)18(20)19-16-11-12-21-17-10-6-5-9-15(16)17/h2-10,13,16H,11-12H2,1H3,(H,19,20)/t13-,16-/m0/s1. The van der Waals surface area contributed by atoms with E-state index in [1.54, 1.807) is 6.92 Å². The molecule has 1 heterocycles. The van der Waals surface area contributed by atoms with E-state index in [2.05, 4.69) is 5.32 Å². The number of para-hydroxylation sites is 2. The fourth-order valence-corrected chi connectivity index (χ4v) is 2.54. The predicted molar refractivity (Wildman–Crippen MR) is 84.0 cm³/mol. The molecular weight excluding hydrogens is 278 g/mol. The van der Waals surface area contributed by atoms with Gasteiger partial charge in [0, 0.05) is 12.0 Å². The summed E-state index contributed by atoms with van der Waals surface area (Å²) in [6, 6.07) is 17.1. The van der Waals surface area contributed by atoms with Gasteiger partial charge in [0.2, 0.25) is 0 Å². The fourth-order valence-electron chi connectivity index (χ4n) is 2.54. The monoisotopic (exact) mass is 297 g/mol. The molecular formula is C18H19NO3. The molecule has 0 fully saturated rings. The number of benzene rings is 2. The summed E-state index contributed by atoms with van der Waals surface area (Å²) < 4.78 is 11.3. The van der Waals surface area contributed by atoms with E-state index >= 15 is 0 Å². The summed E-state index contributed by atoms with van der Waals surface area (Å²) in [4.78, 5) is 12.3. The Morgan fingerprint density at radius 1 is 1.18 bits per heavy atom. The highest BCUT2D eigenvalue weighted by atomic mass is 16.5. The van der Waals surface area contributed by atoms with E-state index in [4.69, 9.17) is 9.47 Å². The predicted octanol–water partition coefficient (Wildman–Crippen LogP) is 3.09. The van der Waals surface area contributed by atoms with Gasteiger partial charge in [0.25, 0.3) is 5.91 Å². The normalized spacial score (nSPS) is 17.8. The van der Waals surface area contributed by atoms with E-state index in [9.17, 15) is 4.79 Å². The second kappa shape index (κ2) is 6.52. The number of hydrogen-bond donors (Lipinski definition) is 1. The Morgan fingerprint density at radius 3 is 2.73 bits per heavy atom. The highest BCUT2D eigenvalue weighted by Crippen LogP contribution is 2.31. The third kappa shape index (κ3) is 3.22. The second-order valence-electron chi connectivity index (χ2n) is 5.31. The zero-order chi connectivity index (χ0) is 15.4. The average Bonchev–Trinajstić information content (AvgIpc) is 2.56. The molecule has 2 atom stereocenters. The van der Waals surface area contributed by atoms with Crippen LogP contribution in [0.3, 0.4) is 0 Å². The SMILES string of the molecule is C[C@H](Oc1ccccc1)C(=O)N[C@H]1CCOc2ccccc21. The van der Waals surface area contributed by atoms with E-state index in [0.717, 1.165) is 17.7 Å². The lowest BCUT2D eigenvalue weighted by atomic mass is 10.0. The van der Waals surface area contributed by atoms with Crippen LogP contribution in [0, 0.1) is 0 Å². The van der Waals surface area contributed by atoms with Crippen molar-refractivity contribution >= 4 is 5.91 Å². The smallest absolute Gasteiger partial charge is 0.261 e. The maximum Gasteiger partial charge on any atom is 0.261 e. The molecule has 1 N–H and O–H groups in total. The van der Waals surface area contributed by atoms with E-state index < -0.39 is 6.10 Å². The molecule has 0 saturated carbocycles. The number of amides is 1. The molecule has 2 aromatic carbocycles. The summed E-state index contributed by atoms with van der Waals surface area (Å²) in [7, 11) is 0. The molecule has 0 radical (unpaired) electrons. The van der Waals surface area contributed by atoms with Crippen molar-refractivity contribution in [1.82, 2.24) is 5.32 Å². The molecule has 1 amide bonds. The van der Waals surface area contributed by atoms with Crippen LogP contribution in [0.15, 0.2) is 54.6 Å². The summed E-state index contributed by atoms with van der Waals surface area (Å²) in [5.41, 5.74) is 1.02. The first-order valence-corrected chi connectivity index (χ1v) is 7.48. The Labute approximate surface area is 130 Å². The van der Waals surface area contributed by atoms with Crippen molar-refractivity contribution < 1.29 is 14.3 Å². The maximum absolute atomic E-state index is 12.3. The minimum atomic E-state index is -0.544. The first kappa shape index (κ1) is 14.4. The number of carbonyl (C=O) groups is 1. The molecule has 22 heavy (non-hydrogen) atoms. The topological polar surface area (TPSA) is 47.6 Å². The van der Waals surface area contributed by atoms with Crippen LogP contribution in [-0.2, 0) is 4.79 Å². The molecule has 0 bridgehead atoms. The van der Waals surface area contributed by atoms with Crippen molar-refractivity contribution in [2.45, 2.75) is 25.5 Å². The highest BCUT2D eigenvalue weighted by molar-refractivity contribution is 5.81. The molecule has 3 rings (SSSR count). The van der Waals surface area contributed by atoms with Gasteiger partial charge in [0.1, 0.15) is 11.5 Å². The van der Waals surface area contributed by atoms with Gasteiger partial charge in [-0.05, 0) is 25.1 Å².